The second kappa shape index (κ2) is 5.09. The minimum absolute atomic E-state index is 0.0540. The molecule has 0 saturated carbocycles. The van der Waals surface area contributed by atoms with Crippen molar-refractivity contribution in [2.45, 2.75) is 45.0 Å². The van der Waals surface area contributed by atoms with Crippen LogP contribution in [0.15, 0.2) is 24.3 Å². The Balaban J connectivity index is 2.59. The van der Waals surface area contributed by atoms with E-state index in [-0.39, 0.29) is 5.38 Å². The summed E-state index contributed by atoms with van der Waals surface area (Å²) in [6, 6.07) is 8.70. The Morgan fingerprint density at radius 3 is 2.65 bits per heavy atom. The van der Waals surface area contributed by atoms with Gasteiger partial charge < -0.3 is 4.57 Å². The van der Waals surface area contributed by atoms with Crippen molar-refractivity contribution in [2.24, 2.45) is 0 Å². The fraction of sp³-hybridized carbons (Fsp3) is 0.500. The molecule has 3 heteroatoms. The first kappa shape index (κ1) is 12.4. The predicted octanol–water partition coefficient (Wildman–Crippen LogP) is 4.70. The summed E-state index contributed by atoms with van der Waals surface area (Å²) in [6.07, 6.45) is 2.32. The van der Waals surface area contributed by atoms with Gasteiger partial charge in [0.15, 0.2) is 0 Å². The van der Waals surface area contributed by atoms with Crippen LogP contribution >= 0.6 is 11.6 Å². The van der Waals surface area contributed by atoms with Gasteiger partial charge in [0.2, 0.25) is 0 Å². The van der Waals surface area contributed by atoms with E-state index < -0.39 is 0 Å². The molecule has 1 aromatic heterocycles. The summed E-state index contributed by atoms with van der Waals surface area (Å²) in [5.74, 6) is 0.980. The summed E-state index contributed by atoms with van der Waals surface area (Å²) in [6.45, 7) is 6.43. The highest BCUT2D eigenvalue weighted by molar-refractivity contribution is 6.20. The third-order valence-electron chi connectivity index (χ3n) is 3.13. The molecule has 0 aliphatic carbocycles. The molecular weight excluding hydrogens is 232 g/mol. The highest BCUT2D eigenvalue weighted by Crippen LogP contribution is 2.29. The van der Waals surface area contributed by atoms with Gasteiger partial charge in [-0.25, -0.2) is 4.98 Å². The molecule has 0 spiro atoms. The van der Waals surface area contributed by atoms with Crippen LogP contribution in [0.2, 0.25) is 0 Å². The topological polar surface area (TPSA) is 17.8 Å². The number of halogens is 1. The Morgan fingerprint density at radius 1 is 1.29 bits per heavy atom. The lowest BCUT2D eigenvalue weighted by molar-refractivity contribution is 0.494. The molecule has 2 aromatic rings. The summed E-state index contributed by atoms with van der Waals surface area (Å²) >= 11 is 6.24. The molecule has 0 aliphatic heterocycles. The number of nitrogens with zero attached hydrogens (tertiary/aromatic N) is 2. The third kappa shape index (κ3) is 2.32. The molecule has 1 aromatic carbocycles. The van der Waals surface area contributed by atoms with E-state index in [4.69, 9.17) is 11.6 Å². The first-order valence-corrected chi connectivity index (χ1v) is 6.69. The molecule has 0 N–H and O–H groups in total. The minimum atomic E-state index is -0.0540. The maximum absolute atomic E-state index is 6.24. The molecule has 0 bridgehead atoms. The van der Waals surface area contributed by atoms with Crippen molar-refractivity contribution < 1.29 is 0 Å². The van der Waals surface area contributed by atoms with Crippen molar-refractivity contribution >= 4 is 22.6 Å². The molecule has 0 fully saturated rings. The Kier molecular flexibility index (Phi) is 3.72. The third-order valence-corrected chi connectivity index (χ3v) is 3.32. The van der Waals surface area contributed by atoms with Gasteiger partial charge in [-0.15, -0.1) is 11.6 Å². The highest BCUT2D eigenvalue weighted by Gasteiger charge is 2.17. The van der Waals surface area contributed by atoms with Crippen LogP contribution in [0.4, 0.5) is 0 Å². The van der Waals surface area contributed by atoms with E-state index >= 15 is 0 Å². The van der Waals surface area contributed by atoms with E-state index in [0.717, 1.165) is 17.8 Å². The lowest BCUT2D eigenvalue weighted by Gasteiger charge is -2.17. The number of aromatic nitrogens is 2. The van der Waals surface area contributed by atoms with Gasteiger partial charge in [0, 0.05) is 6.04 Å². The number of hydrogen-bond acceptors (Lipinski definition) is 1. The van der Waals surface area contributed by atoms with Crippen LogP contribution in [-0.4, -0.2) is 9.55 Å². The molecular formula is C14H19ClN2. The highest BCUT2D eigenvalue weighted by atomic mass is 35.5. The number of imidazole rings is 1. The van der Waals surface area contributed by atoms with E-state index in [1.165, 1.54) is 11.9 Å². The largest absolute Gasteiger partial charge is 0.324 e. The molecule has 0 amide bonds. The van der Waals surface area contributed by atoms with Crippen LogP contribution in [0, 0.1) is 0 Å². The zero-order valence-electron chi connectivity index (χ0n) is 10.7. The van der Waals surface area contributed by atoms with Gasteiger partial charge >= 0.3 is 0 Å². The average molecular weight is 251 g/mol. The number of rotatable bonds is 4. The Labute approximate surface area is 108 Å². The molecule has 2 unspecified atom stereocenters. The zero-order valence-corrected chi connectivity index (χ0v) is 11.4. The molecule has 0 radical (unpaired) electrons. The SMILES string of the molecule is CCCC(C)n1c(C(C)Cl)nc2ccccc21. The quantitative estimate of drug-likeness (QED) is 0.720. The zero-order chi connectivity index (χ0) is 12.4. The van der Waals surface area contributed by atoms with Crippen LogP contribution in [0.1, 0.15) is 50.9 Å². The molecule has 17 heavy (non-hydrogen) atoms. The van der Waals surface area contributed by atoms with Gasteiger partial charge in [0.25, 0.3) is 0 Å². The van der Waals surface area contributed by atoms with E-state index in [1.807, 2.05) is 19.1 Å². The number of para-hydroxylation sites is 2. The Hall–Kier alpha value is -1.02. The number of fused-ring (bicyclic) bond motifs is 1. The van der Waals surface area contributed by atoms with Crippen molar-refractivity contribution in [3.05, 3.63) is 30.1 Å². The van der Waals surface area contributed by atoms with E-state index in [2.05, 4.69) is 35.5 Å². The summed E-state index contributed by atoms with van der Waals surface area (Å²) in [5, 5.41) is -0.0540. The summed E-state index contributed by atoms with van der Waals surface area (Å²) < 4.78 is 2.29. The normalized spacial score (nSPS) is 15.1. The molecule has 0 saturated heterocycles. The van der Waals surface area contributed by atoms with E-state index in [0.29, 0.717) is 6.04 Å². The van der Waals surface area contributed by atoms with Crippen LogP contribution in [0.3, 0.4) is 0 Å². The van der Waals surface area contributed by atoms with Crippen molar-refractivity contribution in [1.82, 2.24) is 9.55 Å². The van der Waals surface area contributed by atoms with Crippen LogP contribution in [0.5, 0.6) is 0 Å². The van der Waals surface area contributed by atoms with E-state index in [1.54, 1.807) is 0 Å². The fourth-order valence-corrected chi connectivity index (χ4v) is 2.51. The Morgan fingerprint density at radius 2 is 2.00 bits per heavy atom. The molecule has 2 rings (SSSR count). The summed E-state index contributed by atoms with van der Waals surface area (Å²) in [5.41, 5.74) is 2.23. The second-order valence-electron chi connectivity index (χ2n) is 4.58. The number of benzene rings is 1. The molecule has 2 nitrogen and oxygen atoms in total. The van der Waals surface area contributed by atoms with Crippen LogP contribution < -0.4 is 0 Å². The first-order valence-electron chi connectivity index (χ1n) is 6.26. The monoisotopic (exact) mass is 250 g/mol. The molecule has 2 atom stereocenters. The predicted molar refractivity (Wildman–Crippen MR) is 73.6 cm³/mol. The molecule has 92 valence electrons. The summed E-state index contributed by atoms with van der Waals surface area (Å²) in [4.78, 5) is 4.65. The molecule has 0 aliphatic rings. The van der Waals surface area contributed by atoms with Gasteiger partial charge in [0.1, 0.15) is 5.82 Å². The average Bonchev–Trinajstić information content (AvgIpc) is 2.68. The smallest absolute Gasteiger partial charge is 0.127 e. The minimum Gasteiger partial charge on any atom is -0.324 e. The second-order valence-corrected chi connectivity index (χ2v) is 5.24. The van der Waals surface area contributed by atoms with Crippen molar-refractivity contribution in [3.8, 4) is 0 Å². The van der Waals surface area contributed by atoms with E-state index in [9.17, 15) is 0 Å². The first-order chi connectivity index (χ1) is 8.15. The van der Waals surface area contributed by atoms with Gasteiger partial charge in [-0.1, -0.05) is 25.5 Å². The van der Waals surface area contributed by atoms with Crippen molar-refractivity contribution in [2.75, 3.05) is 0 Å². The van der Waals surface area contributed by atoms with Gasteiger partial charge in [0.05, 0.1) is 16.4 Å². The van der Waals surface area contributed by atoms with Crippen LogP contribution in [0.25, 0.3) is 11.0 Å². The summed E-state index contributed by atoms with van der Waals surface area (Å²) in [7, 11) is 0. The van der Waals surface area contributed by atoms with Gasteiger partial charge in [-0.3, -0.25) is 0 Å². The van der Waals surface area contributed by atoms with Crippen molar-refractivity contribution in [3.63, 3.8) is 0 Å². The van der Waals surface area contributed by atoms with Crippen molar-refractivity contribution in [1.29, 1.82) is 0 Å². The maximum atomic E-state index is 6.24. The lowest BCUT2D eigenvalue weighted by atomic mass is 10.2. The lowest BCUT2D eigenvalue weighted by Crippen LogP contribution is -2.09. The number of alkyl halides is 1. The molecule has 1 heterocycles. The number of hydrogen-bond donors (Lipinski definition) is 0. The Bertz CT molecular complexity index is 502. The van der Waals surface area contributed by atoms with Gasteiger partial charge in [-0.05, 0) is 32.4 Å². The fourth-order valence-electron chi connectivity index (χ4n) is 2.35. The standard InChI is InChI=1S/C14H19ClN2/c1-4-7-10(2)17-13-9-6-5-8-12(13)16-14(17)11(3)15/h5-6,8-11H,4,7H2,1-3H3. The van der Waals surface area contributed by atoms with Crippen LogP contribution in [-0.2, 0) is 0 Å². The maximum Gasteiger partial charge on any atom is 0.127 e. The van der Waals surface area contributed by atoms with Gasteiger partial charge in [-0.2, -0.15) is 0 Å².